The number of nitrogens with one attached hydrogen (secondary N) is 1. The molecule has 6 heteroatoms. The van der Waals surface area contributed by atoms with Gasteiger partial charge in [-0.2, -0.15) is 0 Å². The Labute approximate surface area is 130 Å². The molecule has 21 heavy (non-hydrogen) atoms. The molecular formula is C15H23N3O2S. The zero-order valence-electron chi connectivity index (χ0n) is 12.9. The number of nitrogens with zero attached hydrogens (tertiary/aromatic N) is 2. The summed E-state index contributed by atoms with van der Waals surface area (Å²) < 4.78 is 0. The fraction of sp³-hybridized carbons (Fsp3) is 0.600. The highest BCUT2D eigenvalue weighted by Crippen LogP contribution is 2.28. The predicted molar refractivity (Wildman–Crippen MR) is 85.8 cm³/mol. The summed E-state index contributed by atoms with van der Waals surface area (Å²) in [4.78, 5) is 21.1. The highest BCUT2D eigenvalue weighted by atomic mass is 32.1. The van der Waals surface area contributed by atoms with E-state index < -0.39 is 5.60 Å². The van der Waals surface area contributed by atoms with Crippen LogP contribution in [0.4, 0.5) is 0 Å². The van der Waals surface area contributed by atoms with Gasteiger partial charge in [-0.15, -0.1) is 11.3 Å². The second kappa shape index (κ2) is 7.04. The largest absolute Gasteiger partial charge is 0.379 e. The molecule has 1 aromatic heterocycles. The summed E-state index contributed by atoms with van der Waals surface area (Å²) in [7, 11) is 0. The zero-order valence-corrected chi connectivity index (χ0v) is 13.7. The van der Waals surface area contributed by atoms with Gasteiger partial charge in [0.15, 0.2) is 0 Å². The minimum Gasteiger partial charge on any atom is -0.379 e. The van der Waals surface area contributed by atoms with Crippen LogP contribution in [0.3, 0.4) is 0 Å². The van der Waals surface area contributed by atoms with E-state index in [-0.39, 0.29) is 5.91 Å². The third-order valence-electron chi connectivity index (χ3n) is 3.76. The van der Waals surface area contributed by atoms with Crippen LogP contribution in [0, 0.1) is 0 Å². The Morgan fingerprint density at radius 1 is 1.52 bits per heavy atom. The lowest BCUT2D eigenvalue weighted by molar-refractivity contribution is -0.141. The Morgan fingerprint density at radius 3 is 2.90 bits per heavy atom. The molecule has 0 fully saturated rings. The van der Waals surface area contributed by atoms with Gasteiger partial charge >= 0.3 is 0 Å². The predicted octanol–water partition coefficient (Wildman–Crippen LogP) is 2.09. The van der Waals surface area contributed by atoms with Gasteiger partial charge in [-0.1, -0.05) is 25.1 Å². The van der Waals surface area contributed by atoms with Crippen molar-refractivity contribution in [2.75, 3.05) is 26.2 Å². The van der Waals surface area contributed by atoms with Crippen molar-refractivity contribution >= 4 is 23.0 Å². The third kappa shape index (κ3) is 3.83. The number of rotatable bonds is 7. The van der Waals surface area contributed by atoms with E-state index in [1.54, 1.807) is 18.3 Å². The Kier molecular flexibility index (Phi) is 5.36. The van der Waals surface area contributed by atoms with Gasteiger partial charge in [-0.05, 0) is 31.5 Å². The van der Waals surface area contributed by atoms with Crippen molar-refractivity contribution in [3.8, 4) is 0 Å². The first kappa shape index (κ1) is 16.0. The fourth-order valence-electron chi connectivity index (χ4n) is 2.29. The van der Waals surface area contributed by atoms with E-state index in [4.69, 9.17) is 4.84 Å². The lowest BCUT2D eigenvalue weighted by atomic mass is 9.98. The van der Waals surface area contributed by atoms with Crippen LogP contribution in [0.15, 0.2) is 22.7 Å². The van der Waals surface area contributed by atoms with Crippen molar-refractivity contribution in [2.24, 2.45) is 5.16 Å². The van der Waals surface area contributed by atoms with Crippen molar-refractivity contribution in [3.63, 3.8) is 0 Å². The summed E-state index contributed by atoms with van der Waals surface area (Å²) in [6.45, 7) is 9.50. The van der Waals surface area contributed by atoms with Crippen LogP contribution in [-0.4, -0.2) is 48.3 Å². The summed E-state index contributed by atoms with van der Waals surface area (Å²) in [5.41, 5.74) is -0.0332. The Morgan fingerprint density at radius 2 is 2.29 bits per heavy atom. The van der Waals surface area contributed by atoms with E-state index in [1.165, 1.54) is 0 Å². The third-order valence-corrected chi connectivity index (χ3v) is 4.67. The maximum atomic E-state index is 12.3. The van der Waals surface area contributed by atoms with Crippen molar-refractivity contribution < 1.29 is 9.63 Å². The second-order valence-corrected chi connectivity index (χ2v) is 6.24. The summed E-state index contributed by atoms with van der Waals surface area (Å²) >= 11 is 1.61. The molecule has 1 atom stereocenters. The molecule has 5 nitrogen and oxygen atoms in total. The molecule has 0 aliphatic carbocycles. The standard InChI is InChI=1S/C15H23N3O2S/c1-4-18(5-2)9-8-16-14(19)15(3)11-12(17-20-15)13-7-6-10-21-13/h6-7,10H,4-5,8-9,11H2,1-3H3,(H,16,19). The molecule has 1 aliphatic heterocycles. The van der Waals surface area contributed by atoms with Crippen LogP contribution in [-0.2, 0) is 9.63 Å². The summed E-state index contributed by atoms with van der Waals surface area (Å²) in [6.07, 6.45) is 0.518. The van der Waals surface area contributed by atoms with Gasteiger partial charge in [0, 0.05) is 19.5 Å². The summed E-state index contributed by atoms with van der Waals surface area (Å²) in [6, 6.07) is 3.97. The first-order valence-electron chi connectivity index (χ1n) is 7.38. The molecule has 0 aromatic carbocycles. The van der Waals surface area contributed by atoms with Crippen LogP contribution in [0.5, 0.6) is 0 Å². The number of oxime groups is 1. The Balaban J connectivity index is 1.83. The number of hydrogen-bond acceptors (Lipinski definition) is 5. The molecule has 0 saturated heterocycles. The van der Waals surface area contributed by atoms with Gasteiger partial charge in [0.1, 0.15) is 5.71 Å². The van der Waals surface area contributed by atoms with E-state index >= 15 is 0 Å². The van der Waals surface area contributed by atoms with Crippen molar-refractivity contribution in [2.45, 2.75) is 32.8 Å². The monoisotopic (exact) mass is 309 g/mol. The topological polar surface area (TPSA) is 53.9 Å². The van der Waals surface area contributed by atoms with Crippen LogP contribution in [0.2, 0.25) is 0 Å². The quantitative estimate of drug-likeness (QED) is 0.839. The van der Waals surface area contributed by atoms with Crippen molar-refractivity contribution in [1.82, 2.24) is 10.2 Å². The second-order valence-electron chi connectivity index (χ2n) is 5.30. The van der Waals surface area contributed by atoms with Gasteiger partial charge in [0.25, 0.3) is 5.91 Å². The smallest absolute Gasteiger partial charge is 0.267 e. The van der Waals surface area contributed by atoms with Gasteiger partial charge in [0.05, 0.1) is 4.88 Å². The SMILES string of the molecule is CCN(CC)CCNC(=O)C1(C)CC(c2cccs2)=NO1. The molecule has 0 radical (unpaired) electrons. The minimum absolute atomic E-state index is 0.0926. The molecule has 2 rings (SSSR count). The lowest BCUT2D eigenvalue weighted by Gasteiger charge is -2.22. The average Bonchev–Trinajstić information content (AvgIpc) is 3.13. The number of amides is 1. The van der Waals surface area contributed by atoms with Crippen LogP contribution in [0.25, 0.3) is 0 Å². The summed E-state index contributed by atoms with van der Waals surface area (Å²) in [5.74, 6) is -0.0926. The Hall–Kier alpha value is -1.40. The van der Waals surface area contributed by atoms with Gasteiger partial charge < -0.3 is 15.1 Å². The highest BCUT2D eigenvalue weighted by Gasteiger charge is 2.42. The molecular weight excluding hydrogens is 286 g/mol. The number of carbonyl (C=O) groups excluding carboxylic acids is 1. The first-order valence-corrected chi connectivity index (χ1v) is 8.26. The molecule has 116 valence electrons. The molecule has 0 saturated carbocycles. The van der Waals surface area contributed by atoms with Crippen LogP contribution < -0.4 is 5.32 Å². The van der Waals surface area contributed by atoms with Crippen LogP contribution in [0.1, 0.15) is 32.1 Å². The number of carbonyl (C=O) groups is 1. The van der Waals surface area contributed by atoms with Gasteiger partial charge in [-0.25, -0.2) is 0 Å². The first-order chi connectivity index (χ1) is 10.1. The van der Waals surface area contributed by atoms with E-state index in [9.17, 15) is 4.79 Å². The molecule has 1 N–H and O–H groups in total. The van der Waals surface area contributed by atoms with Gasteiger partial charge in [0.2, 0.25) is 5.60 Å². The van der Waals surface area contributed by atoms with Crippen molar-refractivity contribution in [3.05, 3.63) is 22.4 Å². The molecule has 1 aromatic rings. The normalized spacial score (nSPS) is 21.2. The minimum atomic E-state index is -0.886. The molecule has 1 aliphatic rings. The van der Waals surface area contributed by atoms with E-state index in [0.29, 0.717) is 13.0 Å². The molecule has 1 amide bonds. The molecule has 2 heterocycles. The summed E-state index contributed by atoms with van der Waals surface area (Å²) in [5, 5.41) is 9.04. The van der Waals surface area contributed by atoms with E-state index in [2.05, 4.69) is 29.2 Å². The van der Waals surface area contributed by atoms with Crippen molar-refractivity contribution in [1.29, 1.82) is 0 Å². The molecule has 0 spiro atoms. The lowest BCUT2D eigenvalue weighted by Crippen LogP contribution is -2.47. The zero-order chi connectivity index (χ0) is 15.3. The van der Waals surface area contributed by atoms with E-state index in [1.807, 2.05) is 17.5 Å². The maximum absolute atomic E-state index is 12.3. The highest BCUT2D eigenvalue weighted by molar-refractivity contribution is 7.12. The molecule has 0 bridgehead atoms. The average molecular weight is 309 g/mol. The molecule has 1 unspecified atom stereocenters. The van der Waals surface area contributed by atoms with Crippen LogP contribution >= 0.6 is 11.3 Å². The number of hydrogen-bond donors (Lipinski definition) is 1. The maximum Gasteiger partial charge on any atom is 0.267 e. The van der Waals surface area contributed by atoms with E-state index in [0.717, 1.165) is 30.2 Å². The van der Waals surface area contributed by atoms with Gasteiger partial charge in [-0.3, -0.25) is 4.79 Å². The fourth-order valence-corrected chi connectivity index (χ4v) is 3.00. The number of likely N-dealkylation sites (N-methyl/N-ethyl adjacent to an activating group) is 1. The Bertz CT molecular complexity index is 497. The number of thiophene rings is 1.